The van der Waals surface area contributed by atoms with E-state index in [2.05, 4.69) is 31.0 Å². The van der Waals surface area contributed by atoms with E-state index < -0.39 is 0 Å². The monoisotopic (exact) mass is 210 g/mol. The van der Waals surface area contributed by atoms with Crippen molar-refractivity contribution in [2.45, 2.75) is 51.6 Å². The molecule has 0 spiro atoms. The van der Waals surface area contributed by atoms with Gasteiger partial charge in [-0.2, -0.15) is 0 Å². The van der Waals surface area contributed by atoms with Gasteiger partial charge in [0.1, 0.15) is 0 Å². The average molecular weight is 210 g/mol. The van der Waals surface area contributed by atoms with E-state index in [0.717, 1.165) is 32.4 Å². The van der Waals surface area contributed by atoms with E-state index in [1.807, 2.05) is 0 Å². The van der Waals surface area contributed by atoms with Gasteiger partial charge in [0.25, 0.3) is 0 Å². The van der Waals surface area contributed by atoms with Crippen molar-refractivity contribution in [1.29, 1.82) is 0 Å². The standard InChI is InChI=1S/C12H22N2O/c1-9-7-10(2)14(8-9)11(15)12(3)5-4-6-13-12/h9-10,13H,4-8H2,1-3H3. The molecule has 0 saturated carbocycles. The molecule has 0 radical (unpaired) electrons. The highest BCUT2D eigenvalue weighted by Gasteiger charge is 2.42. The second kappa shape index (κ2) is 3.78. The van der Waals surface area contributed by atoms with Gasteiger partial charge in [-0.15, -0.1) is 0 Å². The van der Waals surface area contributed by atoms with Gasteiger partial charge in [0.15, 0.2) is 0 Å². The van der Waals surface area contributed by atoms with Crippen LogP contribution in [0.5, 0.6) is 0 Å². The van der Waals surface area contributed by atoms with Crippen molar-refractivity contribution < 1.29 is 4.79 Å². The Morgan fingerprint density at radius 2 is 2.20 bits per heavy atom. The van der Waals surface area contributed by atoms with Crippen molar-refractivity contribution in [2.75, 3.05) is 13.1 Å². The third-order valence-electron chi connectivity index (χ3n) is 3.89. The molecule has 1 N–H and O–H groups in total. The SMILES string of the molecule is CC1CC(C)N(C(=O)C2(C)CCCN2)C1. The Hall–Kier alpha value is -0.570. The maximum atomic E-state index is 12.4. The van der Waals surface area contributed by atoms with Crippen LogP contribution in [-0.2, 0) is 4.79 Å². The van der Waals surface area contributed by atoms with Crippen LogP contribution in [0.3, 0.4) is 0 Å². The minimum absolute atomic E-state index is 0.279. The topological polar surface area (TPSA) is 32.3 Å². The lowest BCUT2D eigenvalue weighted by molar-refractivity contribution is -0.137. The molecule has 0 aromatic heterocycles. The molecule has 0 aromatic carbocycles. The van der Waals surface area contributed by atoms with Crippen LogP contribution in [0, 0.1) is 5.92 Å². The summed E-state index contributed by atoms with van der Waals surface area (Å²) in [4.78, 5) is 14.5. The van der Waals surface area contributed by atoms with Gasteiger partial charge < -0.3 is 10.2 Å². The van der Waals surface area contributed by atoms with Gasteiger partial charge in [0.05, 0.1) is 5.54 Å². The third kappa shape index (κ3) is 1.89. The highest BCUT2D eigenvalue weighted by atomic mass is 16.2. The van der Waals surface area contributed by atoms with Gasteiger partial charge in [-0.3, -0.25) is 4.79 Å². The number of rotatable bonds is 1. The van der Waals surface area contributed by atoms with Crippen LogP contribution in [0.4, 0.5) is 0 Å². The van der Waals surface area contributed by atoms with Crippen molar-refractivity contribution in [3.05, 3.63) is 0 Å². The molecule has 3 atom stereocenters. The fourth-order valence-corrected chi connectivity index (χ4v) is 2.98. The highest BCUT2D eigenvalue weighted by Crippen LogP contribution is 2.28. The molecule has 0 aromatic rings. The van der Waals surface area contributed by atoms with E-state index in [0.29, 0.717) is 17.9 Å². The Morgan fingerprint density at radius 1 is 1.47 bits per heavy atom. The first kappa shape index (κ1) is 10.9. The van der Waals surface area contributed by atoms with Gasteiger partial charge in [-0.25, -0.2) is 0 Å². The number of likely N-dealkylation sites (tertiary alicyclic amines) is 1. The molecule has 2 aliphatic heterocycles. The predicted octanol–water partition coefficient (Wildman–Crippen LogP) is 1.39. The molecular weight excluding hydrogens is 188 g/mol. The number of nitrogens with zero attached hydrogens (tertiary/aromatic N) is 1. The third-order valence-corrected chi connectivity index (χ3v) is 3.89. The quantitative estimate of drug-likeness (QED) is 0.709. The number of carbonyl (C=O) groups is 1. The van der Waals surface area contributed by atoms with Gasteiger partial charge >= 0.3 is 0 Å². The van der Waals surface area contributed by atoms with Gasteiger partial charge in [0, 0.05) is 12.6 Å². The fraction of sp³-hybridized carbons (Fsp3) is 0.917. The van der Waals surface area contributed by atoms with E-state index in [4.69, 9.17) is 0 Å². The van der Waals surface area contributed by atoms with E-state index in [1.54, 1.807) is 0 Å². The molecule has 0 aliphatic carbocycles. The number of amides is 1. The summed E-state index contributed by atoms with van der Waals surface area (Å²) in [5, 5.41) is 3.35. The Balaban J connectivity index is 2.07. The van der Waals surface area contributed by atoms with Crippen LogP contribution >= 0.6 is 0 Å². The second-order valence-corrected chi connectivity index (χ2v) is 5.51. The summed E-state index contributed by atoms with van der Waals surface area (Å²) in [7, 11) is 0. The smallest absolute Gasteiger partial charge is 0.242 e. The molecule has 2 aliphatic rings. The summed E-state index contributed by atoms with van der Waals surface area (Å²) < 4.78 is 0. The Morgan fingerprint density at radius 3 is 2.67 bits per heavy atom. The van der Waals surface area contributed by atoms with Crippen molar-refractivity contribution in [3.8, 4) is 0 Å². The molecule has 3 nitrogen and oxygen atoms in total. The minimum Gasteiger partial charge on any atom is -0.338 e. The van der Waals surface area contributed by atoms with Crippen LogP contribution in [-0.4, -0.2) is 35.5 Å². The van der Waals surface area contributed by atoms with E-state index in [9.17, 15) is 4.79 Å². The summed E-state index contributed by atoms with van der Waals surface area (Å²) in [5.41, 5.74) is -0.279. The number of hydrogen-bond donors (Lipinski definition) is 1. The zero-order valence-corrected chi connectivity index (χ0v) is 10.0. The summed E-state index contributed by atoms with van der Waals surface area (Å²) >= 11 is 0. The largest absolute Gasteiger partial charge is 0.338 e. The molecule has 0 bridgehead atoms. The maximum absolute atomic E-state index is 12.4. The lowest BCUT2D eigenvalue weighted by atomic mass is 9.98. The van der Waals surface area contributed by atoms with Crippen molar-refractivity contribution >= 4 is 5.91 Å². The van der Waals surface area contributed by atoms with Crippen molar-refractivity contribution in [1.82, 2.24) is 10.2 Å². The van der Waals surface area contributed by atoms with Crippen molar-refractivity contribution in [2.24, 2.45) is 5.92 Å². The molecule has 15 heavy (non-hydrogen) atoms. The second-order valence-electron chi connectivity index (χ2n) is 5.51. The first-order valence-electron chi connectivity index (χ1n) is 6.09. The van der Waals surface area contributed by atoms with Gasteiger partial charge in [-0.1, -0.05) is 6.92 Å². The molecule has 86 valence electrons. The molecule has 1 amide bonds. The number of hydrogen-bond acceptors (Lipinski definition) is 2. The van der Waals surface area contributed by atoms with E-state index >= 15 is 0 Å². The number of nitrogens with one attached hydrogen (secondary N) is 1. The molecule has 2 heterocycles. The minimum atomic E-state index is -0.279. The maximum Gasteiger partial charge on any atom is 0.242 e. The summed E-state index contributed by atoms with van der Waals surface area (Å²) in [6.07, 6.45) is 3.27. The molecule has 2 saturated heterocycles. The molecule has 2 rings (SSSR count). The molecular formula is C12H22N2O. The van der Waals surface area contributed by atoms with E-state index in [-0.39, 0.29) is 5.54 Å². The van der Waals surface area contributed by atoms with Gasteiger partial charge in [0.2, 0.25) is 5.91 Å². The summed E-state index contributed by atoms with van der Waals surface area (Å²) in [6, 6.07) is 0.423. The molecule has 3 unspecified atom stereocenters. The zero-order valence-electron chi connectivity index (χ0n) is 10.0. The normalized spacial score (nSPS) is 41.1. The first-order chi connectivity index (χ1) is 7.03. The number of carbonyl (C=O) groups excluding carboxylic acids is 1. The lowest BCUT2D eigenvalue weighted by Gasteiger charge is -2.31. The molecule has 2 fully saturated rings. The summed E-state index contributed by atoms with van der Waals surface area (Å²) in [5.74, 6) is 0.978. The lowest BCUT2D eigenvalue weighted by Crippen LogP contribution is -2.53. The first-order valence-corrected chi connectivity index (χ1v) is 6.09. The van der Waals surface area contributed by atoms with Crippen LogP contribution < -0.4 is 5.32 Å². The Bertz CT molecular complexity index is 258. The molecule has 3 heteroatoms. The average Bonchev–Trinajstić information content (AvgIpc) is 2.73. The van der Waals surface area contributed by atoms with Crippen LogP contribution in [0.15, 0.2) is 0 Å². The highest BCUT2D eigenvalue weighted by molar-refractivity contribution is 5.86. The van der Waals surface area contributed by atoms with Gasteiger partial charge in [-0.05, 0) is 45.6 Å². The fourth-order valence-electron chi connectivity index (χ4n) is 2.98. The van der Waals surface area contributed by atoms with Crippen LogP contribution in [0.25, 0.3) is 0 Å². The Kier molecular flexibility index (Phi) is 2.75. The summed E-state index contributed by atoms with van der Waals surface area (Å²) in [6.45, 7) is 8.38. The zero-order chi connectivity index (χ0) is 11.1. The van der Waals surface area contributed by atoms with Crippen LogP contribution in [0.2, 0.25) is 0 Å². The van der Waals surface area contributed by atoms with E-state index in [1.165, 1.54) is 0 Å². The Labute approximate surface area is 92.2 Å². The van der Waals surface area contributed by atoms with Crippen LogP contribution in [0.1, 0.15) is 40.0 Å². The predicted molar refractivity (Wildman–Crippen MR) is 60.6 cm³/mol. The van der Waals surface area contributed by atoms with Crippen molar-refractivity contribution in [3.63, 3.8) is 0 Å².